The van der Waals surface area contributed by atoms with E-state index >= 15 is 0 Å². The molecule has 1 aliphatic heterocycles. The monoisotopic (exact) mass is 349 g/mol. The van der Waals surface area contributed by atoms with Crippen molar-refractivity contribution >= 4 is 15.9 Å². The zero-order chi connectivity index (χ0) is 14.8. The molecule has 1 aromatic carbocycles. The third-order valence-corrected chi connectivity index (χ3v) is 4.00. The lowest BCUT2D eigenvalue weighted by atomic mass is 10.1. The molecule has 6 heteroatoms. The van der Waals surface area contributed by atoms with Crippen molar-refractivity contribution in [2.75, 3.05) is 27.3 Å². The summed E-state index contributed by atoms with van der Waals surface area (Å²) in [5, 5.41) is 0. The first-order valence-corrected chi connectivity index (χ1v) is 7.25. The number of nitrogens with zero attached hydrogens (tertiary/aromatic N) is 1. The number of alkyl halides is 2. The molecule has 1 aliphatic rings. The molecule has 0 aliphatic carbocycles. The lowest BCUT2D eigenvalue weighted by Crippen LogP contribution is -2.38. The second kappa shape index (κ2) is 6.26. The fourth-order valence-corrected chi connectivity index (χ4v) is 2.79. The number of piperidine rings is 1. The topological polar surface area (TPSA) is 21.7 Å². The number of rotatable bonds is 4. The van der Waals surface area contributed by atoms with Gasteiger partial charge in [0.1, 0.15) is 11.5 Å². The van der Waals surface area contributed by atoms with Crippen LogP contribution in [0.15, 0.2) is 16.6 Å². The molecule has 1 aromatic rings. The summed E-state index contributed by atoms with van der Waals surface area (Å²) in [6, 6.07) is 3.72. The largest absolute Gasteiger partial charge is 0.496 e. The van der Waals surface area contributed by atoms with E-state index in [-0.39, 0.29) is 12.8 Å². The molecule has 0 bridgehead atoms. The van der Waals surface area contributed by atoms with Gasteiger partial charge in [-0.3, -0.25) is 4.90 Å². The SMILES string of the molecule is COc1cc(Br)cc(OC)c1CN1CCC(F)(F)CC1. The van der Waals surface area contributed by atoms with E-state index in [0.29, 0.717) is 31.1 Å². The van der Waals surface area contributed by atoms with Crippen LogP contribution in [0.3, 0.4) is 0 Å². The number of methoxy groups -OCH3 is 2. The van der Waals surface area contributed by atoms with E-state index in [0.717, 1.165) is 10.0 Å². The smallest absolute Gasteiger partial charge is 0.250 e. The van der Waals surface area contributed by atoms with Crippen molar-refractivity contribution in [1.82, 2.24) is 4.90 Å². The molecule has 3 nitrogen and oxygen atoms in total. The Hall–Kier alpha value is -0.880. The van der Waals surface area contributed by atoms with E-state index in [1.165, 1.54) is 0 Å². The molecule has 1 heterocycles. The van der Waals surface area contributed by atoms with Crippen LogP contribution in [0.2, 0.25) is 0 Å². The summed E-state index contributed by atoms with van der Waals surface area (Å²) in [7, 11) is 3.18. The van der Waals surface area contributed by atoms with Crippen LogP contribution in [0.5, 0.6) is 11.5 Å². The Bertz CT molecular complexity index is 447. The lowest BCUT2D eigenvalue weighted by Gasteiger charge is -2.32. The fourth-order valence-electron chi connectivity index (χ4n) is 2.37. The summed E-state index contributed by atoms with van der Waals surface area (Å²) in [5.41, 5.74) is 0.892. The summed E-state index contributed by atoms with van der Waals surface area (Å²) in [6.45, 7) is 1.32. The van der Waals surface area contributed by atoms with E-state index in [2.05, 4.69) is 15.9 Å². The van der Waals surface area contributed by atoms with Crippen LogP contribution >= 0.6 is 15.9 Å². The van der Waals surface area contributed by atoms with Gasteiger partial charge < -0.3 is 9.47 Å². The van der Waals surface area contributed by atoms with Gasteiger partial charge in [0.05, 0.1) is 19.8 Å². The van der Waals surface area contributed by atoms with Crippen LogP contribution in [0.4, 0.5) is 8.78 Å². The summed E-state index contributed by atoms with van der Waals surface area (Å²) in [5.74, 6) is -1.12. The Morgan fingerprint density at radius 1 is 1.15 bits per heavy atom. The molecule has 0 aromatic heterocycles. The van der Waals surface area contributed by atoms with Gasteiger partial charge in [-0.1, -0.05) is 15.9 Å². The van der Waals surface area contributed by atoms with Gasteiger partial charge in [0.2, 0.25) is 0 Å². The molecule has 0 spiro atoms. The molecule has 0 amide bonds. The third kappa shape index (κ3) is 3.61. The van der Waals surface area contributed by atoms with E-state index in [1.807, 2.05) is 17.0 Å². The van der Waals surface area contributed by atoms with Gasteiger partial charge in [-0.05, 0) is 12.1 Å². The minimum atomic E-state index is -2.52. The highest BCUT2D eigenvalue weighted by Gasteiger charge is 2.34. The van der Waals surface area contributed by atoms with Gasteiger partial charge in [-0.25, -0.2) is 8.78 Å². The van der Waals surface area contributed by atoms with Gasteiger partial charge in [-0.2, -0.15) is 0 Å². The molecule has 2 rings (SSSR count). The first-order valence-electron chi connectivity index (χ1n) is 6.46. The summed E-state index contributed by atoms with van der Waals surface area (Å²) in [4.78, 5) is 2.01. The first kappa shape index (κ1) is 15.5. The number of hydrogen-bond acceptors (Lipinski definition) is 3. The normalized spacial score (nSPS) is 18.9. The highest BCUT2D eigenvalue weighted by molar-refractivity contribution is 9.10. The van der Waals surface area contributed by atoms with Crippen LogP contribution < -0.4 is 9.47 Å². The Kier molecular flexibility index (Phi) is 4.86. The van der Waals surface area contributed by atoms with E-state index in [1.54, 1.807) is 14.2 Å². The first-order chi connectivity index (χ1) is 9.45. The lowest BCUT2D eigenvalue weighted by molar-refractivity contribution is -0.0567. The predicted octanol–water partition coefficient (Wildman–Crippen LogP) is 3.70. The molecule has 0 radical (unpaired) electrons. The Balaban J connectivity index is 2.16. The van der Waals surface area contributed by atoms with Crippen molar-refractivity contribution in [1.29, 1.82) is 0 Å². The van der Waals surface area contributed by atoms with E-state index in [9.17, 15) is 8.78 Å². The standard InChI is InChI=1S/C14H18BrF2NO2/c1-19-12-7-10(15)8-13(20-2)11(12)9-18-5-3-14(16,17)4-6-18/h7-8H,3-6,9H2,1-2H3. The van der Waals surface area contributed by atoms with Crippen molar-refractivity contribution in [3.8, 4) is 11.5 Å². The molecular formula is C14H18BrF2NO2. The number of ether oxygens (including phenoxy) is 2. The highest BCUT2D eigenvalue weighted by Crippen LogP contribution is 2.35. The van der Waals surface area contributed by atoms with Crippen molar-refractivity contribution in [2.45, 2.75) is 25.3 Å². The van der Waals surface area contributed by atoms with Gasteiger partial charge in [0, 0.05) is 36.9 Å². The molecule has 1 saturated heterocycles. The maximum absolute atomic E-state index is 13.2. The Morgan fingerprint density at radius 2 is 1.65 bits per heavy atom. The van der Waals surface area contributed by atoms with Crippen molar-refractivity contribution in [3.05, 3.63) is 22.2 Å². The van der Waals surface area contributed by atoms with Crippen LogP contribution in [0, 0.1) is 0 Å². The average Bonchev–Trinajstić information content (AvgIpc) is 2.42. The minimum Gasteiger partial charge on any atom is -0.496 e. The zero-order valence-corrected chi connectivity index (χ0v) is 13.2. The molecule has 20 heavy (non-hydrogen) atoms. The molecule has 112 valence electrons. The van der Waals surface area contributed by atoms with Gasteiger partial charge in [-0.15, -0.1) is 0 Å². The minimum absolute atomic E-state index is 0.0891. The number of likely N-dealkylation sites (tertiary alicyclic amines) is 1. The van der Waals surface area contributed by atoms with Crippen molar-refractivity contribution in [2.24, 2.45) is 0 Å². The van der Waals surface area contributed by atoms with Gasteiger partial charge in [0.25, 0.3) is 5.92 Å². The number of hydrogen-bond donors (Lipinski definition) is 0. The Labute approximate surface area is 126 Å². The summed E-state index contributed by atoms with van der Waals surface area (Å²) >= 11 is 3.40. The number of benzene rings is 1. The summed E-state index contributed by atoms with van der Waals surface area (Å²) < 4.78 is 38.0. The van der Waals surface area contributed by atoms with E-state index in [4.69, 9.17) is 9.47 Å². The second-order valence-corrected chi connectivity index (χ2v) is 5.84. The van der Waals surface area contributed by atoms with Gasteiger partial charge >= 0.3 is 0 Å². The van der Waals surface area contributed by atoms with Crippen LogP contribution in [-0.4, -0.2) is 38.1 Å². The molecule has 0 unspecified atom stereocenters. The molecule has 0 saturated carbocycles. The average molecular weight is 350 g/mol. The number of halogens is 3. The molecule has 1 fully saturated rings. The van der Waals surface area contributed by atoms with Crippen LogP contribution in [0.25, 0.3) is 0 Å². The quantitative estimate of drug-likeness (QED) is 0.827. The van der Waals surface area contributed by atoms with E-state index < -0.39 is 5.92 Å². The van der Waals surface area contributed by atoms with Crippen molar-refractivity contribution in [3.63, 3.8) is 0 Å². The molecule has 0 atom stereocenters. The highest BCUT2D eigenvalue weighted by atomic mass is 79.9. The molecular weight excluding hydrogens is 332 g/mol. The fraction of sp³-hybridized carbons (Fsp3) is 0.571. The van der Waals surface area contributed by atoms with Gasteiger partial charge in [0.15, 0.2) is 0 Å². The van der Waals surface area contributed by atoms with Crippen LogP contribution in [-0.2, 0) is 6.54 Å². The van der Waals surface area contributed by atoms with Crippen molar-refractivity contribution < 1.29 is 18.3 Å². The van der Waals surface area contributed by atoms with Crippen LogP contribution in [0.1, 0.15) is 18.4 Å². The maximum Gasteiger partial charge on any atom is 0.250 e. The predicted molar refractivity (Wildman–Crippen MR) is 76.7 cm³/mol. The second-order valence-electron chi connectivity index (χ2n) is 4.92. The third-order valence-electron chi connectivity index (χ3n) is 3.54. The zero-order valence-electron chi connectivity index (χ0n) is 11.6. The maximum atomic E-state index is 13.2. The Morgan fingerprint density at radius 3 is 2.10 bits per heavy atom. The molecule has 0 N–H and O–H groups in total. The summed E-state index contributed by atoms with van der Waals surface area (Å²) in [6.07, 6.45) is -0.178.